The van der Waals surface area contributed by atoms with Crippen molar-refractivity contribution in [1.82, 2.24) is 9.55 Å². The predicted octanol–water partition coefficient (Wildman–Crippen LogP) is 6.03. The van der Waals surface area contributed by atoms with Crippen molar-refractivity contribution in [2.45, 2.75) is 6.61 Å². The van der Waals surface area contributed by atoms with Crippen molar-refractivity contribution in [3.63, 3.8) is 0 Å². The smallest absolute Gasteiger partial charge is 0.132 e. The Kier molecular flexibility index (Phi) is 4.03. The minimum atomic E-state index is 0.510. The lowest BCUT2D eigenvalue weighted by molar-refractivity contribution is 0.308. The van der Waals surface area contributed by atoms with E-state index in [4.69, 9.17) is 27.9 Å². The summed E-state index contributed by atoms with van der Waals surface area (Å²) >= 11 is 15.4. The minimum absolute atomic E-state index is 0.510. The van der Waals surface area contributed by atoms with Gasteiger partial charge in [-0.3, -0.25) is 4.57 Å². The molecule has 0 radical (unpaired) electrons. The molecule has 3 heterocycles. The molecule has 0 spiro atoms. The van der Waals surface area contributed by atoms with Gasteiger partial charge >= 0.3 is 0 Å². The summed E-state index contributed by atoms with van der Waals surface area (Å²) in [6.45, 7) is 0.575. The average Bonchev–Trinajstić information content (AvgIpc) is 3.25. The summed E-state index contributed by atoms with van der Waals surface area (Å²) < 4.78 is 7.81. The van der Waals surface area contributed by atoms with E-state index in [1.165, 1.54) is 5.56 Å². The zero-order valence-corrected chi connectivity index (χ0v) is 14.8. The van der Waals surface area contributed by atoms with E-state index in [9.17, 15) is 0 Å². The molecule has 3 aromatic heterocycles. The molecule has 7 heteroatoms. The lowest BCUT2D eigenvalue weighted by Crippen LogP contribution is -1.92. The molecule has 0 aliphatic heterocycles. The highest BCUT2D eigenvalue weighted by Crippen LogP contribution is 2.32. The number of thiophene rings is 2. The van der Waals surface area contributed by atoms with Crippen LogP contribution in [-0.4, -0.2) is 9.55 Å². The zero-order chi connectivity index (χ0) is 15.8. The van der Waals surface area contributed by atoms with Crippen molar-refractivity contribution in [2.75, 3.05) is 0 Å². The van der Waals surface area contributed by atoms with Crippen LogP contribution in [0.4, 0.5) is 0 Å². The monoisotopic (exact) mass is 380 g/mol. The molecular formula is C16H10Cl2N2OS2. The SMILES string of the molecule is Clc1cc2ncn(-c3cc(OCc4ccsc4)cs3)c2cc1Cl. The van der Waals surface area contributed by atoms with Crippen LogP contribution in [0.2, 0.25) is 10.0 Å². The molecule has 0 unspecified atom stereocenters. The number of halogens is 2. The molecule has 0 aliphatic rings. The van der Waals surface area contributed by atoms with Crippen molar-refractivity contribution in [2.24, 2.45) is 0 Å². The van der Waals surface area contributed by atoms with Crippen molar-refractivity contribution >= 4 is 56.9 Å². The fourth-order valence-electron chi connectivity index (χ4n) is 2.23. The summed E-state index contributed by atoms with van der Waals surface area (Å²) in [5.74, 6) is 0.845. The summed E-state index contributed by atoms with van der Waals surface area (Å²) in [5.41, 5.74) is 2.91. The molecule has 0 atom stereocenters. The molecule has 23 heavy (non-hydrogen) atoms. The summed E-state index contributed by atoms with van der Waals surface area (Å²) in [4.78, 5) is 4.38. The van der Waals surface area contributed by atoms with Gasteiger partial charge in [0.2, 0.25) is 0 Å². The Labute approximate surface area is 150 Å². The van der Waals surface area contributed by atoms with E-state index >= 15 is 0 Å². The number of rotatable bonds is 4. The molecular weight excluding hydrogens is 371 g/mol. The highest BCUT2D eigenvalue weighted by Gasteiger charge is 2.10. The van der Waals surface area contributed by atoms with Gasteiger partial charge in [-0.25, -0.2) is 4.98 Å². The highest BCUT2D eigenvalue weighted by molar-refractivity contribution is 7.12. The Hall–Kier alpha value is -1.53. The number of aromatic nitrogens is 2. The molecule has 1 aromatic carbocycles. The lowest BCUT2D eigenvalue weighted by Gasteiger charge is -2.02. The third-order valence-electron chi connectivity index (χ3n) is 3.37. The number of fused-ring (bicyclic) bond motifs is 1. The second kappa shape index (κ2) is 6.17. The van der Waals surface area contributed by atoms with Gasteiger partial charge in [-0.1, -0.05) is 23.2 Å². The number of imidazole rings is 1. The second-order valence-electron chi connectivity index (χ2n) is 4.91. The fraction of sp³-hybridized carbons (Fsp3) is 0.0625. The van der Waals surface area contributed by atoms with Gasteiger partial charge in [-0.15, -0.1) is 11.3 Å². The molecule has 0 saturated heterocycles. The Morgan fingerprint density at radius 3 is 2.83 bits per heavy atom. The average molecular weight is 381 g/mol. The maximum Gasteiger partial charge on any atom is 0.132 e. The number of benzene rings is 1. The van der Waals surface area contributed by atoms with Crippen molar-refractivity contribution < 1.29 is 4.74 Å². The van der Waals surface area contributed by atoms with Crippen LogP contribution < -0.4 is 4.74 Å². The van der Waals surface area contributed by atoms with E-state index in [2.05, 4.69) is 16.4 Å². The molecule has 4 rings (SSSR count). The van der Waals surface area contributed by atoms with Crippen LogP contribution in [0.3, 0.4) is 0 Å². The van der Waals surface area contributed by atoms with Crippen molar-refractivity contribution in [1.29, 1.82) is 0 Å². The van der Waals surface area contributed by atoms with Crippen LogP contribution in [0, 0.1) is 0 Å². The van der Waals surface area contributed by atoms with Gasteiger partial charge in [0.15, 0.2) is 0 Å². The Morgan fingerprint density at radius 2 is 2.00 bits per heavy atom. The van der Waals surface area contributed by atoms with Gasteiger partial charge < -0.3 is 4.74 Å². The first-order valence-electron chi connectivity index (χ1n) is 6.75. The molecule has 0 fully saturated rings. The molecule has 0 bridgehead atoms. The Morgan fingerprint density at radius 1 is 1.13 bits per heavy atom. The van der Waals surface area contributed by atoms with E-state index in [1.54, 1.807) is 35.1 Å². The van der Waals surface area contributed by atoms with Crippen LogP contribution in [0.1, 0.15) is 5.56 Å². The van der Waals surface area contributed by atoms with Gasteiger partial charge in [0.1, 0.15) is 23.7 Å². The molecule has 0 saturated carbocycles. The number of nitrogens with zero attached hydrogens (tertiary/aromatic N) is 2. The quantitative estimate of drug-likeness (QED) is 0.431. The van der Waals surface area contributed by atoms with Crippen molar-refractivity contribution in [3.8, 4) is 10.8 Å². The van der Waals surface area contributed by atoms with Crippen LogP contribution in [-0.2, 0) is 6.61 Å². The van der Waals surface area contributed by atoms with Gasteiger partial charge in [-0.2, -0.15) is 11.3 Å². The fourth-order valence-corrected chi connectivity index (χ4v) is 4.02. The number of hydrogen-bond donors (Lipinski definition) is 0. The van der Waals surface area contributed by atoms with Crippen LogP contribution >= 0.6 is 45.9 Å². The maximum atomic E-state index is 6.12. The normalized spacial score (nSPS) is 11.2. The van der Waals surface area contributed by atoms with Crippen molar-refractivity contribution in [3.05, 3.63) is 62.3 Å². The largest absolute Gasteiger partial charge is 0.488 e. The molecule has 0 amide bonds. The first-order chi connectivity index (χ1) is 11.2. The Bertz CT molecular complexity index is 960. The number of ether oxygens (including phenoxy) is 1. The summed E-state index contributed by atoms with van der Waals surface area (Å²) in [5, 5.41) is 8.17. The van der Waals surface area contributed by atoms with Gasteiger partial charge in [-0.05, 0) is 34.5 Å². The first kappa shape index (κ1) is 15.0. The second-order valence-corrected chi connectivity index (χ2v) is 7.39. The molecule has 116 valence electrons. The van der Waals surface area contributed by atoms with Crippen LogP contribution in [0.5, 0.6) is 5.75 Å². The lowest BCUT2D eigenvalue weighted by atomic mass is 10.3. The minimum Gasteiger partial charge on any atom is -0.488 e. The third kappa shape index (κ3) is 2.97. The van der Waals surface area contributed by atoms with Gasteiger partial charge in [0.05, 0.1) is 21.1 Å². The zero-order valence-electron chi connectivity index (χ0n) is 11.7. The van der Waals surface area contributed by atoms with Crippen LogP contribution in [0.15, 0.2) is 46.7 Å². The van der Waals surface area contributed by atoms with Crippen LogP contribution in [0.25, 0.3) is 16.0 Å². The van der Waals surface area contributed by atoms with Gasteiger partial charge in [0.25, 0.3) is 0 Å². The molecule has 0 aliphatic carbocycles. The third-order valence-corrected chi connectivity index (χ3v) is 5.73. The summed E-state index contributed by atoms with van der Waals surface area (Å²) in [6.07, 6.45) is 1.77. The topological polar surface area (TPSA) is 27.1 Å². The summed E-state index contributed by atoms with van der Waals surface area (Å²) in [7, 11) is 0. The summed E-state index contributed by atoms with van der Waals surface area (Å²) in [6, 6.07) is 7.67. The molecule has 4 aromatic rings. The maximum absolute atomic E-state index is 6.12. The first-order valence-corrected chi connectivity index (χ1v) is 9.33. The molecule has 3 nitrogen and oxygen atoms in total. The number of hydrogen-bond acceptors (Lipinski definition) is 4. The van der Waals surface area contributed by atoms with E-state index in [-0.39, 0.29) is 0 Å². The van der Waals surface area contributed by atoms with E-state index in [0.717, 1.165) is 21.8 Å². The molecule has 0 N–H and O–H groups in total. The Balaban J connectivity index is 1.62. The van der Waals surface area contributed by atoms with E-state index in [0.29, 0.717) is 16.7 Å². The highest BCUT2D eigenvalue weighted by atomic mass is 35.5. The van der Waals surface area contributed by atoms with E-state index < -0.39 is 0 Å². The standard InChI is InChI=1S/C16H10Cl2N2OS2/c17-12-4-14-15(5-13(12)18)20(9-19-14)16-3-11(8-23-16)21-6-10-1-2-22-7-10/h1-5,7-9H,6H2. The van der Waals surface area contributed by atoms with E-state index in [1.807, 2.05) is 27.5 Å². The van der Waals surface area contributed by atoms with Gasteiger partial charge in [0, 0.05) is 11.4 Å². The predicted molar refractivity (Wildman–Crippen MR) is 97.6 cm³/mol.